The summed E-state index contributed by atoms with van der Waals surface area (Å²) in [6.45, 7) is 3.80. The Bertz CT molecular complexity index is 355. The lowest BCUT2D eigenvalue weighted by Crippen LogP contribution is -2.11. The maximum Gasteiger partial charge on any atom is 0.165 e. The van der Waals surface area contributed by atoms with Gasteiger partial charge in [0.15, 0.2) is 11.6 Å². The molecule has 0 aliphatic rings. The maximum absolute atomic E-state index is 13.5. The molecule has 1 rings (SSSR count). The van der Waals surface area contributed by atoms with Crippen molar-refractivity contribution in [3.8, 4) is 5.75 Å². The van der Waals surface area contributed by atoms with E-state index in [2.05, 4.69) is 5.32 Å². The Kier molecular flexibility index (Phi) is 5.90. The Morgan fingerprint density at radius 3 is 2.94 bits per heavy atom. The molecule has 0 amide bonds. The number of hydrogen-bond acceptors (Lipinski definition) is 2. The van der Waals surface area contributed by atoms with Crippen molar-refractivity contribution in [2.75, 3.05) is 13.2 Å². The normalized spacial score (nSPS) is 10.9. The third-order valence-corrected chi connectivity index (χ3v) is 2.18. The van der Waals surface area contributed by atoms with Crippen LogP contribution in [0, 0.1) is 5.82 Å². The molecule has 2 nitrogen and oxygen atoms in total. The van der Waals surface area contributed by atoms with Crippen molar-refractivity contribution in [2.24, 2.45) is 0 Å². The summed E-state index contributed by atoms with van der Waals surface area (Å²) >= 11 is 5.33. The van der Waals surface area contributed by atoms with Gasteiger partial charge in [0.25, 0.3) is 0 Å². The van der Waals surface area contributed by atoms with Crippen molar-refractivity contribution >= 4 is 11.6 Å². The molecule has 0 aliphatic heterocycles. The highest BCUT2D eigenvalue weighted by molar-refractivity contribution is 6.25. The standard InChI is InChI=1S/C12H15ClFNO/c1-2-15-9-10-4-5-12(11(14)8-10)16-7-3-6-13/h3-6,8,15H,2,7,9H2,1H3/b6-3+. The van der Waals surface area contributed by atoms with E-state index in [0.717, 1.165) is 12.1 Å². The zero-order valence-electron chi connectivity index (χ0n) is 9.17. The fraction of sp³-hybridized carbons (Fsp3) is 0.333. The minimum atomic E-state index is -0.349. The van der Waals surface area contributed by atoms with Gasteiger partial charge in [-0.1, -0.05) is 24.6 Å². The zero-order valence-corrected chi connectivity index (χ0v) is 9.93. The van der Waals surface area contributed by atoms with E-state index in [9.17, 15) is 4.39 Å². The monoisotopic (exact) mass is 243 g/mol. The Labute approximate surface area is 100 Å². The van der Waals surface area contributed by atoms with E-state index < -0.39 is 0 Å². The summed E-state index contributed by atoms with van der Waals surface area (Å²) < 4.78 is 18.7. The molecule has 0 bridgehead atoms. The molecule has 1 aromatic carbocycles. The van der Waals surface area contributed by atoms with Crippen LogP contribution < -0.4 is 10.1 Å². The lowest BCUT2D eigenvalue weighted by molar-refractivity contribution is 0.341. The molecule has 0 aromatic heterocycles. The van der Waals surface area contributed by atoms with Crippen LogP contribution in [-0.4, -0.2) is 13.2 Å². The maximum atomic E-state index is 13.5. The summed E-state index contributed by atoms with van der Waals surface area (Å²) in [6.07, 6.45) is 1.60. The highest BCUT2D eigenvalue weighted by Gasteiger charge is 2.03. The van der Waals surface area contributed by atoms with E-state index in [1.165, 1.54) is 11.6 Å². The van der Waals surface area contributed by atoms with Crippen LogP contribution in [0.1, 0.15) is 12.5 Å². The first-order valence-electron chi connectivity index (χ1n) is 5.15. The number of ether oxygens (including phenoxy) is 1. The molecule has 0 atom stereocenters. The Hall–Kier alpha value is -1.06. The van der Waals surface area contributed by atoms with Crippen molar-refractivity contribution in [1.82, 2.24) is 5.32 Å². The largest absolute Gasteiger partial charge is 0.486 e. The van der Waals surface area contributed by atoms with Gasteiger partial charge in [-0.3, -0.25) is 0 Å². The molecule has 1 N–H and O–H groups in total. The minimum absolute atomic E-state index is 0.245. The molecule has 88 valence electrons. The van der Waals surface area contributed by atoms with Crippen molar-refractivity contribution < 1.29 is 9.13 Å². The number of benzene rings is 1. The number of rotatable bonds is 6. The fourth-order valence-corrected chi connectivity index (χ4v) is 1.29. The van der Waals surface area contributed by atoms with E-state index in [1.54, 1.807) is 12.1 Å². The van der Waals surface area contributed by atoms with Crippen molar-refractivity contribution in [2.45, 2.75) is 13.5 Å². The highest BCUT2D eigenvalue weighted by Crippen LogP contribution is 2.18. The van der Waals surface area contributed by atoms with Gasteiger partial charge >= 0.3 is 0 Å². The van der Waals surface area contributed by atoms with Crippen LogP contribution in [0.4, 0.5) is 4.39 Å². The highest BCUT2D eigenvalue weighted by atomic mass is 35.5. The minimum Gasteiger partial charge on any atom is -0.486 e. The smallest absolute Gasteiger partial charge is 0.165 e. The van der Waals surface area contributed by atoms with Crippen molar-refractivity contribution in [1.29, 1.82) is 0 Å². The number of nitrogens with one attached hydrogen (secondary N) is 1. The van der Waals surface area contributed by atoms with Gasteiger partial charge in [0.2, 0.25) is 0 Å². The van der Waals surface area contributed by atoms with E-state index in [4.69, 9.17) is 16.3 Å². The second-order valence-electron chi connectivity index (χ2n) is 3.22. The summed E-state index contributed by atoms with van der Waals surface area (Å²) in [6, 6.07) is 4.94. The Morgan fingerprint density at radius 1 is 1.50 bits per heavy atom. The van der Waals surface area contributed by atoms with Crippen molar-refractivity contribution in [3.05, 3.63) is 41.2 Å². The van der Waals surface area contributed by atoms with Crippen LogP contribution in [0.5, 0.6) is 5.75 Å². The fourth-order valence-electron chi connectivity index (χ4n) is 1.21. The van der Waals surface area contributed by atoms with Crippen LogP contribution >= 0.6 is 11.6 Å². The third kappa shape index (κ3) is 4.21. The van der Waals surface area contributed by atoms with Crippen LogP contribution in [-0.2, 0) is 6.54 Å². The molecule has 0 radical (unpaired) electrons. The molecule has 0 aliphatic carbocycles. The van der Waals surface area contributed by atoms with E-state index in [0.29, 0.717) is 6.54 Å². The first kappa shape index (κ1) is 13.0. The van der Waals surface area contributed by atoms with Crippen LogP contribution in [0.15, 0.2) is 29.8 Å². The van der Waals surface area contributed by atoms with Crippen LogP contribution in [0.3, 0.4) is 0 Å². The molecule has 0 saturated carbocycles. The zero-order chi connectivity index (χ0) is 11.8. The molecule has 0 unspecified atom stereocenters. The summed E-state index contributed by atoms with van der Waals surface area (Å²) in [5.74, 6) is -0.103. The van der Waals surface area contributed by atoms with Gasteiger partial charge in [0.1, 0.15) is 6.61 Å². The predicted molar refractivity (Wildman–Crippen MR) is 64.3 cm³/mol. The number of hydrogen-bond donors (Lipinski definition) is 1. The van der Waals surface area contributed by atoms with Gasteiger partial charge in [-0.15, -0.1) is 0 Å². The van der Waals surface area contributed by atoms with Gasteiger partial charge in [-0.05, 0) is 30.3 Å². The summed E-state index contributed by atoms with van der Waals surface area (Å²) in [7, 11) is 0. The SMILES string of the molecule is CCNCc1ccc(OC/C=C/Cl)c(F)c1. The molecular weight excluding hydrogens is 229 g/mol. The molecule has 16 heavy (non-hydrogen) atoms. The number of halogens is 2. The van der Waals surface area contributed by atoms with Gasteiger partial charge < -0.3 is 10.1 Å². The molecule has 4 heteroatoms. The van der Waals surface area contributed by atoms with Gasteiger partial charge in [-0.25, -0.2) is 4.39 Å². The Morgan fingerprint density at radius 2 is 2.31 bits per heavy atom. The summed E-state index contributed by atoms with van der Waals surface area (Å²) in [5, 5.41) is 3.13. The predicted octanol–water partition coefficient (Wildman–Crippen LogP) is 3.07. The van der Waals surface area contributed by atoms with E-state index in [-0.39, 0.29) is 18.2 Å². The van der Waals surface area contributed by atoms with Gasteiger partial charge in [0, 0.05) is 12.1 Å². The molecule has 0 heterocycles. The topological polar surface area (TPSA) is 21.3 Å². The summed E-state index contributed by atoms with van der Waals surface area (Å²) in [4.78, 5) is 0. The second kappa shape index (κ2) is 7.25. The molecule has 1 aromatic rings. The van der Waals surface area contributed by atoms with Gasteiger partial charge in [0.05, 0.1) is 0 Å². The quantitative estimate of drug-likeness (QED) is 0.829. The van der Waals surface area contributed by atoms with Crippen LogP contribution in [0.25, 0.3) is 0 Å². The van der Waals surface area contributed by atoms with Crippen LogP contribution in [0.2, 0.25) is 0 Å². The molecule has 0 fully saturated rings. The summed E-state index contributed by atoms with van der Waals surface area (Å²) in [5.41, 5.74) is 2.25. The molecular formula is C12H15ClFNO. The van der Waals surface area contributed by atoms with E-state index in [1.807, 2.05) is 13.0 Å². The first-order valence-corrected chi connectivity index (χ1v) is 5.58. The Balaban J connectivity index is 2.60. The van der Waals surface area contributed by atoms with Gasteiger partial charge in [-0.2, -0.15) is 0 Å². The van der Waals surface area contributed by atoms with Crippen molar-refractivity contribution in [3.63, 3.8) is 0 Å². The average molecular weight is 244 g/mol. The third-order valence-electron chi connectivity index (χ3n) is 2.00. The average Bonchev–Trinajstić information content (AvgIpc) is 2.29. The molecule has 0 saturated heterocycles. The van der Waals surface area contributed by atoms with E-state index >= 15 is 0 Å². The first-order chi connectivity index (χ1) is 7.77. The second-order valence-corrected chi connectivity index (χ2v) is 3.47. The molecule has 0 spiro atoms. The lowest BCUT2D eigenvalue weighted by Gasteiger charge is -2.07. The lowest BCUT2D eigenvalue weighted by atomic mass is 10.2.